The molecule has 6 heteroatoms. The van der Waals surface area contributed by atoms with E-state index in [9.17, 15) is 4.79 Å². The molecule has 0 aliphatic rings. The lowest BCUT2D eigenvalue weighted by Crippen LogP contribution is -2.25. The van der Waals surface area contributed by atoms with Crippen LogP contribution in [0.15, 0.2) is 48.0 Å². The number of aryl methyl sites for hydroxylation is 1. The maximum atomic E-state index is 12.8. The number of aromatic nitrogens is 2. The van der Waals surface area contributed by atoms with Crippen molar-refractivity contribution in [3.8, 4) is 5.75 Å². The van der Waals surface area contributed by atoms with Gasteiger partial charge in [-0.3, -0.25) is 9.48 Å². The molecule has 0 spiro atoms. The summed E-state index contributed by atoms with van der Waals surface area (Å²) in [5.41, 5.74) is 4.16. The number of amides is 1. The van der Waals surface area contributed by atoms with Crippen molar-refractivity contribution in [2.45, 2.75) is 27.0 Å². The SMILES string of the molecule is C/C=C/c1ccccc1OCc1csc(C(=O)N(C)Cc2cnn(C)c2C)c1. The molecule has 3 aromatic rings. The van der Waals surface area contributed by atoms with E-state index in [0.717, 1.165) is 28.1 Å². The molecule has 0 saturated heterocycles. The first-order valence-corrected chi connectivity index (χ1v) is 10.0. The molecule has 2 aromatic heterocycles. The van der Waals surface area contributed by atoms with Gasteiger partial charge in [-0.25, -0.2) is 0 Å². The summed E-state index contributed by atoms with van der Waals surface area (Å²) in [5.74, 6) is 0.845. The highest BCUT2D eigenvalue weighted by atomic mass is 32.1. The third-order valence-corrected chi connectivity index (χ3v) is 5.58. The van der Waals surface area contributed by atoms with E-state index in [-0.39, 0.29) is 5.91 Å². The number of hydrogen-bond donors (Lipinski definition) is 0. The fourth-order valence-electron chi connectivity index (χ4n) is 2.87. The molecule has 0 aliphatic heterocycles. The zero-order chi connectivity index (χ0) is 20.1. The summed E-state index contributed by atoms with van der Waals surface area (Å²) in [5, 5.41) is 6.22. The standard InChI is InChI=1S/C22H25N3O2S/c1-5-8-18-9-6-7-10-20(18)27-14-17-11-21(28-15-17)22(26)24(3)13-19-12-23-25(4)16(19)2/h5-12,15H,13-14H2,1-4H3/b8-5+. The second kappa shape index (κ2) is 8.89. The van der Waals surface area contributed by atoms with Gasteiger partial charge in [-0.2, -0.15) is 5.10 Å². The van der Waals surface area contributed by atoms with Crippen LogP contribution in [0.1, 0.15) is 39.0 Å². The van der Waals surface area contributed by atoms with Crippen molar-refractivity contribution in [1.82, 2.24) is 14.7 Å². The molecule has 0 atom stereocenters. The Kier molecular flexibility index (Phi) is 6.31. The van der Waals surface area contributed by atoms with Gasteiger partial charge in [0.25, 0.3) is 5.91 Å². The van der Waals surface area contributed by atoms with Gasteiger partial charge in [-0.05, 0) is 31.4 Å². The predicted octanol–water partition coefficient (Wildman–Crippen LogP) is 4.67. The molecule has 0 aliphatic carbocycles. The summed E-state index contributed by atoms with van der Waals surface area (Å²) in [6.07, 6.45) is 5.83. The van der Waals surface area contributed by atoms with Crippen LogP contribution in [-0.2, 0) is 20.2 Å². The molecule has 0 bridgehead atoms. The summed E-state index contributed by atoms with van der Waals surface area (Å²) >= 11 is 1.45. The fraction of sp³-hybridized carbons (Fsp3) is 0.273. The van der Waals surface area contributed by atoms with Gasteiger partial charge in [0.1, 0.15) is 12.4 Å². The lowest BCUT2D eigenvalue weighted by Gasteiger charge is -2.15. The Bertz CT molecular complexity index is 987. The molecule has 3 rings (SSSR count). The molecule has 0 fully saturated rings. The number of nitrogens with zero attached hydrogens (tertiary/aromatic N) is 3. The summed E-state index contributed by atoms with van der Waals surface area (Å²) in [6, 6.07) is 9.84. The maximum Gasteiger partial charge on any atom is 0.263 e. The number of benzene rings is 1. The monoisotopic (exact) mass is 395 g/mol. The molecule has 0 unspecified atom stereocenters. The summed E-state index contributed by atoms with van der Waals surface area (Å²) in [7, 11) is 3.72. The first kappa shape index (κ1) is 19.9. The largest absolute Gasteiger partial charge is 0.488 e. The van der Waals surface area contributed by atoms with Crippen molar-refractivity contribution in [3.63, 3.8) is 0 Å². The van der Waals surface area contributed by atoms with Gasteiger partial charge in [-0.15, -0.1) is 11.3 Å². The zero-order valence-corrected chi connectivity index (χ0v) is 17.5. The molecular weight excluding hydrogens is 370 g/mol. The molecule has 0 saturated carbocycles. The van der Waals surface area contributed by atoms with Crippen LogP contribution in [0.4, 0.5) is 0 Å². The van der Waals surface area contributed by atoms with Crippen molar-refractivity contribution in [3.05, 3.63) is 75.2 Å². The van der Waals surface area contributed by atoms with E-state index in [1.54, 1.807) is 4.90 Å². The normalized spacial score (nSPS) is 11.1. The maximum absolute atomic E-state index is 12.8. The average Bonchev–Trinajstić information content (AvgIpc) is 3.29. The van der Waals surface area contributed by atoms with Crippen LogP contribution in [0.3, 0.4) is 0 Å². The lowest BCUT2D eigenvalue weighted by atomic mass is 10.2. The molecule has 2 heterocycles. The molecule has 146 valence electrons. The van der Waals surface area contributed by atoms with Crippen LogP contribution in [0.2, 0.25) is 0 Å². The quantitative estimate of drug-likeness (QED) is 0.584. The van der Waals surface area contributed by atoms with Crippen LogP contribution >= 0.6 is 11.3 Å². The number of thiophene rings is 1. The number of allylic oxidation sites excluding steroid dienone is 1. The molecule has 28 heavy (non-hydrogen) atoms. The number of para-hydroxylation sites is 1. The highest BCUT2D eigenvalue weighted by molar-refractivity contribution is 7.12. The Morgan fingerprint density at radius 1 is 1.36 bits per heavy atom. The van der Waals surface area contributed by atoms with Gasteiger partial charge in [0.2, 0.25) is 0 Å². The fourth-order valence-corrected chi connectivity index (χ4v) is 3.76. The van der Waals surface area contributed by atoms with Gasteiger partial charge in [0.05, 0.1) is 11.1 Å². The minimum Gasteiger partial charge on any atom is -0.488 e. The van der Waals surface area contributed by atoms with Gasteiger partial charge in [-0.1, -0.05) is 30.4 Å². The number of carbonyl (C=O) groups excluding carboxylic acids is 1. The topological polar surface area (TPSA) is 47.4 Å². The van der Waals surface area contributed by atoms with E-state index in [1.807, 2.05) is 86.7 Å². The third-order valence-electron chi connectivity index (χ3n) is 4.62. The zero-order valence-electron chi connectivity index (χ0n) is 16.7. The Morgan fingerprint density at radius 2 is 2.14 bits per heavy atom. The molecular formula is C22H25N3O2S. The molecule has 1 aromatic carbocycles. The smallest absolute Gasteiger partial charge is 0.263 e. The number of carbonyl (C=O) groups is 1. The Hall–Kier alpha value is -2.86. The predicted molar refractivity (Wildman–Crippen MR) is 114 cm³/mol. The van der Waals surface area contributed by atoms with Crippen LogP contribution in [0.5, 0.6) is 5.75 Å². The van der Waals surface area contributed by atoms with E-state index < -0.39 is 0 Å². The first-order valence-electron chi connectivity index (χ1n) is 9.14. The minimum atomic E-state index is 0.00817. The molecule has 0 radical (unpaired) electrons. The number of rotatable bonds is 7. The van der Waals surface area contributed by atoms with E-state index >= 15 is 0 Å². The second-order valence-corrected chi connectivity index (χ2v) is 7.60. The van der Waals surface area contributed by atoms with Gasteiger partial charge in [0.15, 0.2) is 0 Å². The highest BCUT2D eigenvalue weighted by Crippen LogP contribution is 2.23. The van der Waals surface area contributed by atoms with Crippen molar-refractivity contribution in [2.75, 3.05) is 7.05 Å². The van der Waals surface area contributed by atoms with Crippen molar-refractivity contribution in [1.29, 1.82) is 0 Å². The first-order chi connectivity index (χ1) is 13.5. The Labute approximate surface area is 169 Å². The third kappa shape index (κ3) is 4.51. The summed E-state index contributed by atoms with van der Waals surface area (Å²) in [4.78, 5) is 15.2. The van der Waals surface area contributed by atoms with Crippen LogP contribution in [0, 0.1) is 6.92 Å². The number of ether oxygens (including phenoxy) is 1. The second-order valence-electron chi connectivity index (χ2n) is 6.69. The van der Waals surface area contributed by atoms with E-state index in [2.05, 4.69) is 5.10 Å². The van der Waals surface area contributed by atoms with Gasteiger partial charge in [0, 0.05) is 43.0 Å². The van der Waals surface area contributed by atoms with Gasteiger partial charge >= 0.3 is 0 Å². The molecule has 0 N–H and O–H groups in total. The van der Waals surface area contributed by atoms with Crippen LogP contribution in [0.25, 0.3) is 6.08 Å². The van der Waals surface area contributed by atoms with Crippen LogP contribution in [-0.4, -0.2) is 27.6 Å². The Balaban J connectivity index is 1.63. The van der Waals surface area contributed by atoms with E-state index in [0.29, 0.717) is 18.0 Å². The van der Waals surface area contributed by atoms with Crippen molar-refractivity contribution >= 4 is 23.3 Å². The summed E-state index contributed by atoms with van der Waals surface area (Å²) in [6.45, 7) is 4.96. The van der Waals surface area contributed by atoms with E-state index in [4.69, 9.17) is 4.74 Å². The molecule has 5 nitrogen and oxygen atoms in total. The van der Waals surface area contributed by atoms with Crippen molar-refractivity contribution in [2.24, 2.45) is 7.05 Å². The summed E-state index contributed by atoms with van der Waals surface area (Å²) < 4.78 is 7.78. The lowest BCUT2D eigenvalue weighted by molar-refractivity contribution is 0.0789. The minimum absolute atomic E-state index is 0.00817. The highest BCUT2D eigenvalue weighted by Gasteiger charge is 2.16. The van der Waals surface area contributed by atoms with Crippen LogP contribution < -0.4 is 4.74 Å². The van der Waals surface area contributed by atoms with Gasteiger partial charge < -0.3 is 9.64 Å². The Morgan fingerprint density at radius 3 is 2.86 bits per heavy atom. The average molecular weight is 396 g/mol. The van der Waals surface area contributed by atoms with Crippen molar-refractivity contribution < 1.29 is 9.53 Å². The number of hydrogen-bond acceptors (Lipinski definition) is 4. The molecule has 1 amide bonds. The van der Waals surface area contributed by atoms with E-state index in [1.165, 1.54) is 11.3 Å².